The maximum absolute atomic E-state index is 13.1. The molecule has 2 rings (SSSR count). The van der Waals surface area contributed by atoms with Crippen LogP contribution in [0.3, 0.4) is 0 Å². The lowest BCUT2D eigenvalue weighted by Gasteiger charge is -2.13. The molecule has 20 heavy (non-hydrogen) atoms. The molecule has 3 N–H and O–H groups in total. The summed E-state index contributed by atoms with van der Waals surface area (Å²) in [4.78, 5) is 12.2. The molecule has 0 aromatic heterocycles. The van der Waals surface area contributed by atoms with Crippen LogP contribution in [0.25, 0.3) is 0 Å². The van der Waals surface area contributed by atoms with Crippen LogP contribution in [-0.2, 0) is 0 Å². The van der Waals surface area contributed by atoms with Crippen molar-refractivity contribution in [1.29, 1.82) is 0 Å². The first-order valence-electron chi connectivity index (χ1n) is 6.01. The van der Waals surface area contributed by atoms with Gasteiger partial charge in [-0.15, -0.1) is 0 Å². The quantitative estimate of drug-likeness (QED) is 0.813. The normalized spacial score (nSPS) is 10.4. The minimum absolute atomic E-state index is 0.306. The standard InChI is InChI=1S/C15H14BrFN2O/c1-8-6-11(17)3-4-12(8)15(20)19-14-9(2)5-10(16)7-13(14)18/h3-7H,18H2,1-2H3,(H,19,20). The predicted molar refractivity (Wildman–Crippen MR) is 82.4 cm³/mol. The molecule has 0 bridgehead atoms. The van der Waals surface area contributed by atoms with Gasteiger partial charge in [0.25, 0.3) is 5.91 Å². The first kappa shape index (κ1) is 14.5. The van der Waals surface area contributed by atoms with Gasteiger partial charge in [0.1, 0.15) is 5.82 Å². The first-order chi connectivity index (χ1) is 9.38. The van der Waals surface area contributed by atoms with Crippen molar-refractivity contribution >= 4 is 33.2 Å². The van der Waals surface area contributed by atoms with Crippen molar-refractivity contribution in [2.75, 3.05) is 11.1 Å². The number of nitrogen functional groups attached to an aromatic ring is 1. The molecule has 0 atom stereocenters. The fourth-order valence-electron chi connectivity index (χ4n) is 2.00. The molecule has 0 fully saturated rings. The average molecular weight is 337 g/mol. The number of nitrogens with one attached hydrogen (secondary N) is 1. The van der Waals surface area contributed by atoms with Gasteiger partial charge in [0.05, 0.1) is 11.4 Å². The van der Waals surface area contributed by atoms with Crippen LogP contribution in [0, 0.1) is 19.7 Å². The van der Waals surface area contributed by atoms with E-state index in [2.05, 4.69) is 21.2 Å². The molecule has 0 saturated heterocycles. The lowest BCUT2D eigenvalue weighted by atomic mass is 10.1. The summed E-state index contributed by atoms with van der Waals surface area (Å²) in [6.45, 7) is 3.55. The Hall–Kier alpha value is -1.88. The van der Waals surface area contributed by atoms with E-state index in [-0.39, 0.29) is 11.7 Å². The summed E-state index contributed by atoms with van der Waals surface area (Å²) in [5, 5.41) is 2.78. The molecule has 0 aliphatic rings. The number of halogens is 2. The van der Waals surface area contributed by atoms with Gasteiger partial charge in [0.15, 0.2) is 0 Å². The van der Waals surface area contributed by atoms with Crippen LogP contribution in [0.1, 0.15) is 21.5 Å². The molecule has 0 saturated carbocycles. The number of benzene rings is 2. The Bertz CT molecular complexity index is 663. The molecular formula is C15H14BrFN2O. The van der Waals surface area contributed by atoms with Crippen molar-refractivity contribution in [3.05, 3.63) is 57.3 Å². The Balaban J connectivity index is 2.33. The summed E-state index contributed by atoms with van der Waals surface area (Å²) in [6.07, 6.45) is 0. The number of nitrogens with two attached hydrogens (primary N) is 1. The largest absolute Gasteiger partial charge is 0.397 e. The van der Waals surface area contributed by atoms with Crippen molar-refractivity contribution < 1.29 is 9.18 Å². The fraction of sp³-hybridized carbons (Fsp3) is 0.133. The van der Waals surface area contributed by atoms with E-state index < -0.39 is 0 Å². The topological polar surface area (TPSA) is 55.1 Å². The molecule has 5 heteroatoms. The monoisotopic (exact) mass is 336 g/mol. The van der Waals surface area contributed by atoms with Crippen LogP contribution < -0.4 is 11.1 Å². The van der Waals surface area contributed by atoms with Crippen molar-refractivity contribution in [2.24, 2.45) is 0 Å². The maximum atomic E-state index is 13.1. The van der Waals surface area contributed by atoms with Crippen molar-refractivity contribution in [2.45, 2.75) is 13.8 Å². The summed E-state index contributed by atoms with van der Waals surface area (Å²) >= 11 is 3.34. The smallest absolute Gasteiger partial charge is 0.255 e. The zero-order chi connectivity index (χ0) is 14.9. The number of carbonyl (C=O) groups excluding carboxylic acids is 1. The van der Waals surface area contributed by atoms with Crippen molar-refractivity contribution in [3.8, 4) is 0 Å². The van der Waals surface area contributed by atoms with E-state index in [9.17, 15) is 9.18 Å². The number of amides is 1. The van der Waals surface area contributed by atoms with E-state index in [0.717, 1.165) is 10.0 Å². The van der Waals surface area contributed by atoms with Crippen LogP contribution >= 0.6 is 15.9 Å². The lowest BCUT2D eigenvalue weighted by molar-refractivity contribution is 0.102. The number of hydrogen-bond acceptors (Lipinski definition) is 2. The van der Waals surface area contributed by atoms with Gasteiger partial charge in [0, 0.05) is 10.0 Å². The minimum atomic E-state index is -0.363. The molecular weight excluding hydrogens is 323 g/mol. The Morgan fingerprint density at radius 1 is 1.20 bits per heavy atom. The minimum Gasteiger partial charge on any atom is -0.397 e. The van der Waals surface area contributed by atoms with Gasteiger partial charge in [-0.05, 0) is 55.3 Å². The Kier molecular flexibility index (Phi) is 4.09. The second-order valence-corrected chi connectivity index (χ2v) is 5.52. The lowest BCUT2D eigenvalue weighted by Crippen LogP contribution is -2.15. The highest BCUT2D eigenvalue weighted by molar-refractivity contribution is 9.10. The molecule has 1 amide bonds. The van der Waals surface area contributed by atoms with Gasteiger partial charge < -0.3 is 11.1 Å². The fourth-order valence-corrected chi connectivity index (χ4v) is 2.59. The molecule has 0 heterocycles. The van der Waals surface area contributed by atoms with Crippen LogP contribution in [0.2, 0.25) is 0 Å². The van der Waals surface area contributed by atoms with E-state index in [0.29, 0.717) is 22.5 Å². The van der Waals surface area contributed by atoms with E-state index in [1.807, 2.05) is 13.0 Å². The predicted octanol–water partition coefficient (Wildman–Crippen LogP) is 4.04. The van der Waals surface area contributed by atoms with E-state index in [1.54, 1.807) is 13.0 Å². The zero-order valence-electron chi connectivity index (χ0n) is 11.1. The highest BCUT2D eigenvalue weighted by Crippen LogP contribution is 2.28. The van der Waals surface area contributed by atoms with Gasteiger partial charge >= 0.3 is 0 Å². The summed E-state index contributed by atoms with van der Waals surface area (Å²) in [6, 6.07) is 7.64. The highest BCUT2D eigenvalue weighted by Gasteiger charge is 2.13. The number of aryl methyl sites for hydroxylation is 2. The summed E-state index contributed by atoms with van der Waals surface area (Å²) < 4.78 is 13.9. The molecule has 2 aromatic rings. The number of hydrogen-bond donors (Lipinski definition) is 2. The molecule has 3 nitrogen and oxygen atoms in total. The van der Waals surface area contributed by atoms with Gasteiger partial charge in [0.2, 0.25) is 0 Å². The maximum Gasteiger partial charge on any atom is 0.255 e. The molecule has 104 valence electrons. The number of rotatable bonds is 2. The van der Waals surface area contributed by atoms with Gasteiger partial charge in [-0.3, -0.25) is 4.79 Å². The molecule has 2 aromatic carbocycles. The second kappa shape index (κ2) is 5.63. The van der Waals surface area contributed by atoms with Gasteiger partial charge in [-0.1, -0.05) is 15.9 Å². The molecule has 0 spiro atoms. The van der Waals surface area contributed by atoms with Gasteiger partial charge in [-0.2, -0.15) is 0 Å². The third-order valence-corrected chi connectivity index (χ3v) is 3.46. The van der Waals surface area contributed by atoms with Crippen molar-refractivity contribution in [1.82, 2.24) is 0 Å². The average Bonchev–Trinajstić information content (AvgIpc) is 2.33. The van der Waals surface area contributed by atoms with Crippen LogP contribution in [0.4, 0.5) is 15.8 Å². The van der Waals surface area contributed by atoms with Crippen LogP contribution in [0.15, 0.2) is 34.8 Å². The summed E-state index contributed by atoms with van der Waals surface area (Å²) in [5.74, 6) is -0.669. The third kappa shape index (κ3) is 2.99. The summed E-state index contributed by atoms with van der Waals surface area (Å²) in [5.41, 5.74) is 8.81. The Labute approximate surface area is 125 Å². The summed E-state index contributed by atoms with van der Waals surface area (Å²) in [7, 11) is 0. The van der Waals surface area contributed by atoms with E-state index >= 15 is 0 Å². The van der Waals surface area contributed by atoms with Gasteiger partial charge in [-0.25, -0.2) is 4.39 Å². The second-order valence-electron chi connectivity index (χ2n) is 4.60. The first-order valence-corrected chi connectivity index (χ1v) is 6.81. The highest BCUT2D eigenvalue weighted by atomic mass is 79.9. The Morgan fingerprint density at radius 3 is 2.50 bits per heavy atom. The van der Waals surface area contributed by atoms with Crippen LogP contribution in [0.5, 0.6) is 0 Å². The molecule has 0 unspecified atom stereocenters. The Morgan fingerprint density at radius 2 is 1.90 bits per heavy atom. The zero-order valence-corrected chi connectivity index (χ0v) is 12.7. The molecule has 0 radical (unpaired) electrons. The van der Waals surface area contributed by atoms with Crippen LogP contribution in [-0.4, -0.2) is 5.91 Å². The third-order valence-electron chi connectivity index (χ3n) is 3.00. The van der Waals surface area contributed by atoms with E-state index in [1.165, 1.54) is 18.2 Å². The van der Waals surface area contributed by atoms with E-state index in [4.69, 9.17) is 5.73 Å². The number of carbonyl (C=O) groups is 1. The number of anilines is 2. The molecule has 0 aliphatic carbocycles. The molecule has 0 aliphatic heterocycles. The SMILES string of the molecule is Cc1cc(F)ccc1C(=O)Nc1c(C)cc(Br)cc1N. The van der Waals surface area contributed by atoms with Crippen molar-refractivity contribution in [3.63, 3.8) is 0 Å².